The fourth-order valence-electron chi connectivity index (χ4n) is 18.0. The number of hydrogen-bond acceptors (Lipinski definition) is 7. The van der Waals surface area contributed by atoms with Crippen LogP contribution < -0.4 is 0 Å². The Hall–Kier alpha value is -14.8. The Morgan fingerprint density at radius 3 is 1.12 bits per heavy atom. The molecular weight excluding hydrogens is 1500 g/mol. The van der Waals surface area contributed by atoms with Gasteiger partial charge in [-0.15, -0.1) is 34.0 Å². The predicted octanol–water partition coefficient (Wildman–Crippen LogP) is 30.9. The van der Waals surface area contributed by atoms with Crippen LogP contribution in [0.1, 0.15) is 0 Å². The Kier molecular flexibility index (Phi) is 16.1. The van der Waals surface area contributed by atoms with E-state index in [0.717, 1.165) is 123 Å². The van der Waals surface area contributed by atoms with E-state index in [0.29, 0.717) is 11.6 Å². The number of rotatable bonds is 13. The van der Waals surface area contributed by atoms with Crippen molar-refractivity contribution in [3.63, 3.8) is 0 Å². The molecule has 0 aliphatic carbocycles. The summed E-state index contributed by atoms with van der Waals surface area (Å²) in [4.78, 5) is 24.5. The highest BCUT2D eigenvalue weighted by Crippen LogP contribution is 2.46. The minimum atomic E-state index is 0.621. The molecule has 554 valence electrons. The van der Waals surface area contributed by atoms with Gasteiger partial charge in [0.25, 0.3) is 0 Å². The van der Waals surface area contributed by atoms with Gasteiger partial charge in [-0.3, -0.25) is 0 Å². The van der Waals surface area contributed by atoms with Gasteiger partial charge in [0.2, 0.25) is 0 Å². The fraction of sp³-hybridized carbons (Fsp3) is 0. The molecule has 0 bridgehead atoms. The van der Waals surface area contributed by atoms with Gasteiger partial charge in [0.1, 0.15) is 0 Å². The van der Waals surface area contributed by atoms with E-state index in [1.807, 2.05) is 34.0 Å². The minimum absolute atomic E-state index is 0.621. The van der Waals surface area contributed by atoms with Gasteiger partial charge in [0, 0.05) is 106 Å². The SMILES string of the molecule is c1ccc2sc(-c3ccc(-c4cc(-c5ccc(-c6cccc7ccccc67)cc5)nc(-c5cc(-n6c7ccccc7c7ccccc76)cc(-n6c7ccccc7c7c(-c8ccc9sc(-c%10ccc(-c%11cc(-c%12ccc(-c%13cccc%14ccccc%13%14)cc%12)nc(-c%12ccc%13c(c%12)sc%12ccccc%12%13)n%11)cc%10)cc9c8)cccc76)c5)n4)cc3)cc2c1. The lowest BCUT2D eigenvalue weighted by atomic mass is 9.97. The molecule has 0 aliphatic heterocycles. The second kappa shape index (κ2) is 28.0. The number of fused-ring (bicyclic) bond motifs is 13. The summed E-state index contributed by atoms with van der Waals surface area (Å²) >= 11 is 5.46. The van der Waals surface area contributed by atoms with Crippen LogP contribution in [0.2, 0.25) is 0 Å². The lowest BCUT2D eigenvalue weighted by Gasteiger charge is -2.16. The molecule has 0 atom stereocenters. The summed E-state index contributed by atoms with van der Waals surface area (Å²) in [6, 6.07) is 146. The summed E-state index contributed by atoms with van der Waals surface area (Å²) < 4.78 is 9.87. The largest absolute Gasteiger partial charge is 0.309 e. The second-order valence-electron chi connectivity index (χ2n) is 30.8. The van der Waals surface area contributed by atoms with Crippen LogP contribution in [0, 0.1) is 0 Å². The molecule has 119 heavy (non-hydrogen) atoms. The van der Waals surface area contributed by atoms with Gasteiger partial charge in [-0.05, 0) is 174 Å². The minimum Gasteiger partial charge on any atom is -0.309 e. The van der Waals surface area contributed by atoms with Crippen molar-refractivity contribution in [1.29, 1.82) is 0 Å². The van der Waals surface area contributed by atoms with Crippen LogP contribution in [0.15, 0.2) is 400 Å². The Morgan fingerprint density at radius 1 is 0.185 bits per heavy atom. The third-order valence-electron chi connectivity index (χ3n) is 23.8. The summed E-state index contributed by atoms with van der Waals surface area (Å²) in [6.45, 7) is 0. The summed E-state index contributed by atoms with van der Waals surface area (Å²) in [6.07, 6.45) is 0. The Balaban J connectivity index is 0.613. The maximum atomic E-state index is 5.67. The molecule has 0 fully saturated rings. The van der Waals surface area contributed by atoms with E-state index >= 15 is 0 Å². The Bertz CT molecular complexity index is 8130. The summed E-state index contributed by atoms with van der Waals surface area (Å²) in [5, 5.41) is 14.6. The van der Waals surface area contributed by atoms with Crippen LogP contribution in [0.3, 0.4) is 0 Å². The van der Waals surface area contributed by atoms with Crippen LogP contribution in [0.4, 0.5) is 0 Å². The van der Waals surface area contributed by atoms with E-state index in [2.05, 4.69) is 410 Å². The summed E-state index contributed by atoms with van der Waals surface area (Å²) in [5.41, 5.74) is 25.1. The van der Waals surface area contributed by atoms with Gasteiger partial charge in [-0.25, -0.2) is 19.9 Å². The maximum absolute atomic E-state index is 5.67. The van der Waals surface area contributed by atoms with Crippen molar-refractivity contribution in [3.05, 3.63) is 400 Å². The van der Waals surface area contributed by atoms with Gasteiger partial charge >= 0.3 is 0 Å². The molecular formula is C110H66N6S3. The summed E-state index contributed by atoms with van der Waals surface area (Å²) in [7, 11) is 0. The van der Waals surface area contributed by atoms with Crippen molar-refractivity contribution in [3.8, 4) is 133 Å². The highest BCUT2D eigenvalue weighted by atomic mass is 32.1. The van der Waals surface area contributed by atoms with Gasteiger partial charge in [0.05, 0.1) is 44.8 Å². The molecule has 0 saturated carbocycles. The smallest absolute Gasteiger partial charge is 0.160 e. The fourth-order valence-corrected chi connectivity index (χ4v) is 21.3. The van der Waals surface area contributed by atoms with E-state index < -0.39 is 0 Å². The molecule has 0 saturated heterocycles. The summed E-state index contributed by atoms with van der Waals surface area (Å²) in [5.74, 6) is 1.31. The molecule has 24 rings (SSSR count). The van der Waals surface area contributed by atoms with Gasteiger partial charge in [-0.1, -0.05) is 303 Å². The number of thiophene rings is 3. The molecule has 17 aromatic carbocycles. The van der Waals surface area contributed by atoms with Gasteiger partial charge in [0.15, 0.2) is 11.6 Å². The van der Waals surface area contributed by atoms with Crippen molar-refractivity contribution in [1.82, 2.24) is 29.1 Å². The monoisotopic (exact) mass is 1570 g/mol. The number of hydrogen-bond donors (Lipinski definition) is 0. The topological polar surface area (TPSA) is 61.4 Å². The number of benzene rings is 17. The molecule has 0 aliphatic rings. The molecule has 0 spiro atoms. The zero-order chi connectivity index (χ0) is 78.2. The molecule has 0 unspecified atom stereocenters. The zero-order valence-corrected chi connectivity index (χ0v) is 66.5. The van der Waals surface area contributed by atoms with E-state index in [1.54, 1.807) is 0 Å². The lowest BCUT2D eigenvalue weighted by molar-refractivity contribution is 1.12. The van der Waals surface area contributed by atoms with Crippen LogP contribution in [0.25, 0.3) is 239 Å². The highest BCUT2D eigenvalue weighted by molar-refractivity contribution is 7.26. The number of para-hydroxylation sites is 3. The number of aromatic nitrogens is 6. The van der Waals surface area contributed by atoms with Crippen LogP contribution in [0.5, 0.6) is 0 Å². The normalized spacial score (nSPS) is 11.9. The van der Waals surface area contributed by atoms with Crippen LogP contribution in [-0.4, -0.2) is 29.1 Å². The quantitative estimate of drug-likeness (QED) is 0.115. The third-order valence-corrected chi connectivity index (χ3v) is 27.3. The van der Waals surface area contributed by atoms with E-state index in [4.69, 9.17) is 19.9 Å². The van der Waals surface area contributed by atoms with Crippen LogP contribution >= 0.6 is 34.0 Å². The van der Waals surface area contributed by atoms with Crippen molar-refractivity contribution >= 4 is 140 Å². The second-order valence-corrected chi connectivity index (χ2v) is 34.0. The van der Waals surface area contributed by atoms with E-state index in [-0.39, 0.29) is 0 Å². The first-order chi connectivity index (χ1) is 58.9. The van der Waals surface area contributed by atoms with E-state index in [9.17, 15) is 0 Å². The average molecular weight is 1570 g/mol. The van der Waals surface area contributed by atoms with E-state index in [1.165, 1.54) is 104 Å². The molecule has 0 radical (unpaired) electrons. The first kappa shape index (κ1) is 68.6. The average Bonchev–Trinajstić information content (AvgIpc) is 1.57. The molecule has 24 aromatic rings. The van der Waals surface area contributed by atoms with Crippen molar-refractivity contribution in [2.45, 2.75) is 0 Å². The Morgan fingerprint density at radius 2 is 0.563 bits per heavy atom. The number of nitrogens with zero attached hydrogens (tertiary/aromatic N) is 6. The third kappa shape index (κ3) is 11.9. The molecule has 0 amide bonds. The van der Waals surface area contributed by atoms with Gasteiger partial charge < -0.3 is 9.13 Å². The molecule has 6 nitrogen and oxygen atoms in total. The van der Waals surface area contributed by atoms with Crippen molar-refractivity contribution in [2.24, 2.45) is 0 Å². The molecule has 0 N–H and O–H groups in total. The first-order valence-electron chi connectivity index (χ1n) is 40.2. The molecule has 9 heteroatoms. The van der Waals surface area contributed by atoms with Gasteiger partial charge in [-0.2, -0.15) is 0 Å². The Labute approximate surface area is 697 Å². The van der Waals surface area contributed by atoms with Crippen molar-refractivity contribution < 1.29 is 0 Å². The zero-order valence-electron chi connectivity index (χ0n) is 64.0. The molecule has 7 heterocycles. The standard InChI is InChI=1S/C110H66N6S3/c1-4-23-84-67(18-1)21-15-29-86(84)69-38-42-71(43-39-69)94-65-95(112-109(111-94)79-54-56-92-91-27-9-14-37-104(91)119-107(92)62-79)73-48-52-76(53-49-73)106-63-80-58-77(55-57-103(80)118-106)88-31-17-35-101-108(88)93-28-8-12-34-100(93)116(101)83-60-81(59-82(64-83)115-98-32-10-6-25-89(98)90-26-7-11-33-99(90)115)110-113-96(72-44-40-70(41-45-72)87-30-16-22-68-19-2-5-24-85(68)87)66-97(114-110)74-46-50-75(51-47-74)105-61-78-20-3-13-36-102(78)117-105/h1-66H. The first-order valence-corrected chi connectivity index (χ1v) is 42.6. The van der Waals surface area contributed by atoms with Crippen LogP contribution in [-0.2, 0) is 0 Å². The predicted molar refractivity (Wildman–Crippen MR) is 505 cm³/mol. The highest BCUT2D eigenvalue weighted by Gasteiger charge is 2.24. The molecule has 7 aromatic heterocycles. The van der Waals surface area contributed by atoms with Crippen molar-refractivity contribution in [2.75, 3.05) is 0 Å². The maximum Gasteiger partial charge on any atom is 0.160 e. The lowest BCUT2D eigenvalue weighted by Crippen LogP contribution is -2.02.